The quantitative estimate of drug-likeness (QED) is 0.680. The van der Waals surface area contributed by atoms with Crippen LogP contribution in [0, 0.1) is 18.6 Å². The molecule has 2 heterocycles. The van der Waals surface area contributed by atoms with Gasteiger partial charge in [-0.05, 0) is 67.4 Å². The highest BCUT2D eigenvalue weighted by atomic mass is 32.1. The molecule has 0 aliphatic carbocycles. The van der Waals surface area contributed by atoms with Crippen LogP contribution in [0.15, 0.2) is 36.4 Å². The number of piperazine rings is 1. The molecule has 4 nitrogen and oxygen atoms in total. The van der Waals surface area contributed by atoms with Crippen LogP contribution < -0.4 is 4.90 Å². The molecule has 5 heteroatoms. The van der Waals surface area contributed by atoms with Gasteiger partial charge in [0.15, 0.2) is 4.77 Å². The first-order valence-corrected chi connectivity index (χ1v) is 9.75. The minimum absolute atomic E-state index is 0.694. The van der Waals surface area contributed by atoms with E-state index in [4.69, 9.17) is 12.2 Å². The number of fused-ring (bicyclic) bond motifs is 1. The summed E-state index contributed by atoms with van der Waals surface area (Å²) in [4.78, 5) is 11.5. The van der Waals surface area contributed by atoms with Gasteiger partial charge in [0.2, 0.25) is 0 Å². The van der Waals surface area contributed by atoms with Crippen LogP contribution in [0.2, 0.25) is 0 Å². The lowest BCUT2D eigenvalue weighted by Crippen LogP contribution is -2.47. The lowest BCUT2D eigenvalue weighted by atomic mass is 10.1. The normalized spacial score (nSPS) is 15.7. The van der Waals surface area contributed by atoms with E-state index in [1.807, 2.05) is 0 Å². The van der Waals surface area contributed by atoms with Gasteiger partial charge in [0, 0.05) is 38.4 Å². The molecule has 1 aliphatic heterocycles. The molecule has 26 heavy (non-hydrogen) atoms. The Bertz CT molecular complexity index is 964. The second-order valence-corrected chi connectivity index (χ2v) is 7.67. The molecule has 0 saturated carbocycles. The van der Waals surface area contributed by atoms with Crippen LogP contribution in [0.3, 0.4) is 0 Å². The maximum absolute atomic E-state index is 5.17. The Kier molecular flexibility index (Phi) is 4.83. The summed E-state index contributed by atoms with van der Waals surface area (Å²) in [6.07, 6.45) is 1.07. The molecule has 136 valence electrons. The second-order valence-electron chi connectivity index (χ2n) is 7.26. The highest BCUT2D eigenvalue weighted by Crippen LogP contribution is 2.24. The molecule has 0 spiro atoms. The van der Waals surface area contributed by atoms with Gasteiger partial charge in [-0.15, -0.1) is 0 Å². The summed E-state index contributed by atoms with van der Waals surface area (Å²) in [5.74, 6) is 0. The van der Waals surface area contributed by atoms with Crippen molar-refractivity contribution in [2.24, 2.45) is 0 Å². The summed E-state index contributed by atoms with van der Waals surface area (Å²) < 4.78 is 0.694. The first kappa shape index (κ1) is 17.3. The third-order valence-electron chi connectivity index (χ3n) is 5.59. The van der Waals surface area contributed by atoms with Crippen LogP contribution in [0.4, 0.5) is 5.69 Å². The Morgan fingerprint density at radius 3 is 2.54 bits per heavy atom. The van der Waals surface area contributed by atoms with Gasteiger partial charge in [-0.3, -0.25) is 4.90 Å². The molecule has 4 rings (SSSR count). The van der Waals surface area contributed by atoms with E-state index in [0.29, 0.717) is 4.77 Å². The van der Waals surface area contributed by atoms with E-state index in [1.165, 1.54) is 22.4 Å². The molecule has 0 amide bonds. The number of aromatic nitrogens is 2. The molecule has 3 aromatic rings. The number of hydrogen-bond acceptors (Lipinski definition) is 3. The molecule has 0 radical (unpaired) electrons. The van der Waals surface area contributed by atoms with Crippen molar-refractivity contribution < 1.29 is 0 Å². The zero-order chi connectivity index (χ0) is 18.1. The molecular formula is C21H26N4S. The molecule has 2 N–H and O–H groups in total. The smallest absolute Gasteiger partial charge is 0.175 e. The Morgan fingerprint density at radius 1 is 0.962 bits per heavy atom. The number of nitrogens with one attached hydrogen (secondary N) is 2. The standard InChI is InChI=1S/C21H26N4S/c1-15-4-3-5-20(16(15)2)25-12-10-24(11-13-25)9-8-17-6-7-18-19(14-17)23-21(26)22-18/h3-7,14H,8-13H2,1-2H3,(H2,22,23,26). The summed E-state index contributed by atoms with van der Waals surface area (Å²) in [6.45, 7) is 10.0. The predicted molar refractivity (Wildman–Crippen MR) is 112 cm³/mol. The van der Waals surface area contributed by atoms with E-state index in [9.17, 15) is 0 Å². The van der Waals surface area contributed by atoms with E-state index >= 15 is 0 Å². The van der Waals surface area contributed by atoms with E-state index in [-0.39, 0.29) is 0 Å². The van der Waals surface area contributed by atoms with Gasteiger partial charge in [0.05, 0.1) is 11.0 Å². The second kappa shape index (κ2) is 7.25. The Labute approximate surface area is 159 Å². The van der Waals surface area contributed by atoms with Crippen molar-refractivity contribution >= 4 is 28.9 Å². The zero-order valence-corrected chi connectivity index (χ0v) is 16.3. The van der Waals surface area contributed by atoms with E-state index in [0.717, 1.165) is 50.2 Å². The summed E-state index contributed by atoms with van der Waals surface area (Å²) in [7, 11) is 0. The number of anilines is 1. The Hall–Kier alpha value is -2.11. The average molecular weight is 367 g/mol. The van der Waals surface area contributed by atoms with Gasteiger partial charge >= 0.3 is 0 Å². The molecule has 0 atom stereocenters. The van der Waals surface area contributed by atoms with Gasteiger partial charge in [-0.2, -0.15) is 0 Å². The van der Waals surface area contributed by atoms with E-state index in [1.54, 1.807) is 0 Å². The summed E-state index contributed by atoms with van der Waals surface area (Å²) in [5, 5.41) is 0. The minimum Gasteiger partial charge on any atom is -0.369 e. The molecule has 1 aliphatic rings. The van der Waals surface area contributed by atoms with Crippen LogP contribution in [-0.4, -0.2) is 47.6 Å². The first-order chi connectivity index (χ1) is 12.6. The molecule has 1 fully saturated rings. The highest BCUT2D eigenvalue weighted by molar-refractivity contribution is 7.71. The number of hydrogen-bond donors (Lipinski definition) is 2. The van der Waals surface area contributed by atoms with Crippen molar-refractivity contribution in [2.45, 2.75) is 20.3 Å². The summed E-state index contributed by atoms with van der Waals surface area (Å²) in [5.41, 5.74) is 7.74. The Balaban J connectivity index is 1.34. The monoisotopic (exact) mass is 366 g/mol. The number of nitrogens with zero attached hydrogens (tertiary/aromatic N) is 2. The van der Waals surface area contributed by atoms with Crippen molar-refractivity contribution in [1.82, 2.24) is 14.9 Å². The van der Waals surface area contributed by atoms with Crippen molar-refractivity contribution in [1.29, 1.82) is 0 Å². The van der Waals surface area contributed by atoms with Gasteiger partial charge in [0.1, 0.15) is 0 Å². The van der Waals surface area contributed by atoms with Crippen LogP contribution >= 0.6 is 12.2 Å². The van der Waals surface area contributed by atoms with Crippen molar-refractivity contribution in [3.05, 3.63) is 57.9 Å². The minimum atomic E-state index is 0.694. The van der Waals surface area contributed by atoms with Gasteiger partial charge in [-0.25, -0.2) is 0 Å². The molecule has 1 saturated heterocycles. The SMILES string of the molecule is Cc1cccc(N2CCN(CCc3ccc4[nH]c(=S)[nH]c4c3)CC2)c1C. The number of H-pyrrole nitrogens is 2. The number of aromatic amines is 2. The van der Waals surface area contributed by atoms with Gasteiger partial charge in [-0.1, -0.05) is 18.2 Å². The van der Waals surface area contributed by atoms with Crippen LogP contribution in [0.1, 0.15) is 16.7 Å². The molecule has 0 unspecified atom stereocenters. The summed E-state index contributed by atoms with van der Waals surface area (Å²) >= 11 is 5.17. The van der Waals surface area contributed by atoms with Gasteiger partial charge < -0.3 is 14.9 Å². The molecular weight excluding hydrogens is 340 g/mol. The van der Waals surface area contributed by atoms with E-state index in [2.05, 4.69) is 70.0 Å². The first-order valence-electron chi connectivity index (χ1n) is 9.34. The number of imidazole rings is 1. The largest absolute Gasteiger partial charge is 0.369 e. The van der Waals surface area contributed by atoms with Crippen molar-refractivity contribution in [2.75, 3.05) is 37.6 Å². The van der Waals surface area contributed by atoms with Crippen molar-refractivity contribution in [3.63, 3.8) is 0 Å². The van der Waals surface area contributed by atoms with Crippen LogP contribution in [0.5, 0.6) is 0 Å². The number of aryl methyl sites for hydroxylation is 1. The zero-order valence-electron chi connectivity index (χ0n) is 15.5. The highest BCUT2D eigenvalue weighted by Gasteiger charge is 2.18. The maximum Gasteiger partial charge on any atom is 0.175 e. The van der Waals surface area contributed by atoms with Crippen LogP contribution in [0.25, 0.3) is 11.0 Å². The lowest BCUT2D eigenvalue weighted by Gasteiger charge is -2.37. The molecule has 1 aromatic heterocycles. The van der Waals surface area contributed by atoms with Crippen molar-refractivity contribution in [3.8, 4) is 0 Å². The van der Waals surface area contributed by atoms with E-state index < -0.39 is 0 Å². The summed E-state index contributed by atoms with van der Waals surface area (Å²) in [6, 6.07) is 13.2. The average Bonchev–Trinajstić information content (AvgIpc) is 3.02. The predicted octanol–water partition coefficient (Wildman–Crippen LogP) is 4.21. The Morgan fingerprint density at radius 2 is 1.73 bits per heavy atom. The van der Waals surface area contributed by atoms with Crippen LogP contribution in [-0.2, 0) is 6.42 Å². The lowest BCUT2D eigenvalue weighted by molar-refractivity contribution is 0.261. The third kappa shape index (κ3) is 3.55. The van der Waals surface area contributed by atoms with Gasteiger partial charge in [0.25, 0.3) is 0 Å². The number of benzene rings is 2. The fourth-order valence-corrected chi connectivity index (χ4v) is 4.03. The number of rotatable bonds is 4. The fraction of sp³-hybridized carbons (Fsp3) is 0.381. The third-order valence-corrected chi connectivity index (χ3v) is 5.79. The molecule has 0 bridgehead atoms. The fourth-order valence-electron chi connectivity index (χ4n) is 3.81. The molecule has 2 aromatic carbocycles. The maximum atomic E-state index is 5.17. The topological polar surface area (TPSA) is 38.1 Å².